The number of aliphatic hydroxyl groups excluding tert-OH is 1. The molecule has 86 valence electrons. The van der Waals surface area contributed by atoms with Crippen LogP contribution in [0.15, 0.2) is 0 Å². The van der Waals surface area contributed by atoms with E-state index in [9.17, 15) is 9.90 Å². The van der Waals surface area contributed by atoms with Gasteiger partial charge in [0.15, 0.2) is 0 Å². The number of ether oxygens (including phenoxy) is 1. The zero-order valence-corrected chi connectivity index (χ0v) is 8.95. The minimum absolute atomic E-state index is 0.0221. The molecule has 3 atom stereocenters. The van der Waals surface area contributed by atoms with Crippen LogP contribution in [0, 0.1) is 5.92 Å². The summed E-state index contributed by atoms with van der Waals surface area (Å²) in [5.74, 6) is 0.472. The van der Waals surface area contributed by atoms with Gasteiger partial charge in [-0.1, -0.05) is 0 Å². The van der Waals surface area contributed by atoms with E-state index in [1.54, 1.807) is 0 Å². The van der Waals surface area contributed by atoms with Crippen LogP contribution in [0.25, 0.3) is 0 Å². The van der Waals surface area contributed by atoms with Crippen molar-refractivity contribution in [2.45, 2.75) is 44.3 Å². The minimum Gasteiger partial charge on any atom is -0.393 e. The molecule has 1 amide bonds. The van der Waals surface area contributed by atoms with Crippen LogP contribution >= 0.6 is 0 Å². The highest BCUT2D eigenvalue weighted by atomic mass is 16.5. The number of carbonyl (C=O) groups is 1. The van der Waals surface area contributed by atoms with Gasteiger partial charge in [0.05, 0.1) is 6.10 Å². The van der Waals surface area contributed by atoms with Crippen molar-refractivity contribution in [3.63, 3.8) is 0 Å². The van der Waals surface area contributed by atoms with Crippen LogP contribution in [0.3, 0.4) is 0 Å². The van der Waals surface area contributed by atoms with Crippen molar-refractivity contribution in [2.75, 3.05) is 13.2 Å². The van der Waals surface area contributed by atoms with E-state index in [0.717, 1.165) is 32.1 Å². The Morgan fingerprint density at radius 1 is 1.40 bits per heavy atom. The predicted molar refractivity (Wildman–Crippen MR) is 55.3 cm³/mol. The zero-order valence-electron chi connectivity index (χ0n) is 8.95. The van der Waals surface area contributed by atoms with Gasteiger partial charge in [-0.3, -0.25) is 4.79 Å². The fourth-order valence-corrected chi connectivity index (χ4v) is 2.38. The molecule has 2 aliphatic rings. The molecular formula is C11H19NO3. The van der Waals surface area contributed by atoms with Crippen molar-refractivity contribution in [1.29, 1.82) is 0 Å². The molecule has 0 spiro atoms. The fraction of sp³-hybridized carbons (Fsp3) is 0.909. The summed E-state index contributed by atoms with van der Waals surface area (Å²) >= 11 is 0. The van der Waals surface area contributed by atoms with Gasteiger partial charge in [0, 0.05) is 13.2 Å². The average molecular weight is 213 g/mol. The third-order valence-corrected chi connectivity index (χ3v) is 3.30. The number of carbonyl (C=O) groups excluding carboxylic acids is 1. The Bertz CT molecular complexity index is 226. The van der Waals surface area contributed by atoms with E-state index in [1.807, 2.05) is 0 Å². The first-order valence-corrected chi connectivity index (χ1v) is 5.83. The first kappa shape index (κ1) is 10.9. The number of nitrogens with one attached hydrogen (secondary N) is 1. The highest BCUT2D eigenvalue weighted by molar-refractivity contribution is 5.80. The number of rotatable bonds is 3. The number of aliphatic hydroxyl groups is 1. The van der Waals surface area contributed by atoms with E-state index in [1.165, 1.54) is 0 Å². The Hall–Kier alpha value is -0.610. The van der Waals surface area contributed by atoms with Crippen LogP contribution in [-0.4, -0.2) is 36.4 Å². The third kappa shape index (κ3) is 2.92. The molecule has 0 aromatic carbocycles. The summed E-state index contributed by atoms with van der Waals surface area (Å²) in [6.07, 6.45) is 4.17. The Morgan fingerprint density at radius 2 is 2.27 bits per heavy atom. The van der Waals surface area contributed by atoms with E-state index in [0.29, 0.717) is 19.1 Å². The normalized spacial score (nSPS) is 35.7. The molecule has 1 aliphatic carbocycles. The monoisotopic (exact) mass is 213 g/mol. The molecule has 2 rings (SSSR count). The van der Waals surface area contributed by atoms with Crippen LogP contribution in [-0.2, 0) is 9.53 Å². The molecule has 1 saturated carbocycles. The summed E-state index contributed by atoms with van der Waals surface area (Å²) in [4.78, 5) is 11.6. The van der Waals surface area contributed by atoms with Crippen molar-refractivity contribution in [2.24, 2.45) is 5.92 Å². The first-order valence-electron chi connectivity index (χ1n) is 5.83. The molecule has 0 radical (unpaired) electrons. The smallest absolute Gasteiger partial charge is 0.249 e. The fourth-order valence-electron chi connectivity index (χ4n) is 2.38. The van der Waals surface area contributed by atoms with E-state index >= 15 is 0 Å². The van der Waals surface area contributed by atoms with E-state index in [4.69, 9.17) is 4.74 Å². The molecule has 0 bridgehead atoms. The minimum atomic E-state index is -0.226. The molecule has 0 aromatic heterocycles. The summed E-state index contributed by atoms with van der Waals surface area (Å²) in [7, 11) is 0. The van der Waals surface area contributed by atoms with Crippen LogP contribution in [0.2, 0.25) is 0 Å². The molecule has 2 fully saturated rings. The lowest BCUT2D eigenvalue weighted by molar-refractivity contribution is -0.130. The maximum absolute atomic E-state index is 11.6. The van der Waals surface area contributed by atoms with Crippen LogP contribution in [0.5, 0.6) is 0 Å². The Kier molecular flexibility index (Phi) is 3.59. The molecule has 2 unspecified atom stereocenters. The molecule has 0 aromatic rings. The zero-order chi connectivity index (χ0) is 10.7. The van der Waals surface area contributed by atoms with Crippen molar-refractivity contribution >= 4 is 5.91 Å². The summed E-state index contributed by atoms with van der Waals surface area (Å²) < 4.78 is 5.29. The van der Waals surface area contributed by atoms with Crippen molar-refractivity contribution in [3.05, 3.63) is 0 Å². The molecule has 4 heteroatoms. The topological polar surface area (TPSA) is 58.6 Å². The molecular weight excluding hydrogens is 194 g/mol. The Morgan fingerprint density at radius 3 is 2.87 bits per heavy atom. The van der Waals surface area contributed by atoms with Gasteiger partial charge in [0.1, 0.15) is 6.10 Å². The molecule has 1 aliphatic heterocycles. The standard InChI is InChI=1S/C11H19NO3/c13-9-4-3-8(6-9)7-12-11(14)10-2-1-5-15-10/h8-10,13H,1-7H2,(H,12,14)/t8?,9?,10-/m0/s1. The van der Waals surface area contributed by atoms with Crippen LogP contribution in [0.4, 0.5) is 0 Å². The average Bonchev–Trinajstić information content (AvgIpc) is 2.84. The summed E-state index contributed by atoms with van der Waals surface area (Å²) in [6, 6.07) is 0. The highest BCUT2D eigenvalue weighted by Gasteiger charge is 2.26. The first-order chi connectivity index (χ1) is 7.25. The lowest BCUT2D eigenvalue weighted by Gasteiger charge is -2.13. The second-order valence-corrected chi connectivity index (χ2v) is 4.58. The van der Waals surface area contributed by atoms with Gasteiger partial charge in [0.25, 0.3) is 0 Å². The maximum Gasteiger partial charge on any atom is 0.249 e. The third-order valence-electron chi connectivity index (χ3n) is 3.30. The lowest BCUT2D eigenvalue weighted by atomic mass is 10.1. The van der Waals surface area contributed by atoms with Gasteiger partial charge in [-0.25, -0.2) is 0 Å². The highest BCUT2D eigenvalue weighted by Crippen LogP contribution is 2.24. The van der Waals surface area contributed by atoms with Gasteiger partial charge < -0.3 is 15.2 Å². The Balaban J connectivity index is 1.66. The largest absolute Gasteiger partial charge is 0.393 e. The second kappa shape index (κ2) is 4.94. The van der Waals surface area contributed by atoms with E-state index in [-0.39, 0.29) is 18.1 Å². The molecule has 1 saturated heterocycles. The second-order valence-electron chi connectivity index (χ2n) is 4.58. The van der Waals surface area contributed by atoms with Gasteiger partial charge >= 0.3 is 0 Å². The number of amides is 1. The summed E-state index contributed by atoms with van der Waals surface area (Å²) in [6.45, 7) is 1.40. The van der Waals surface area contributed by atoms with Gasteiger partial charge in [-0.2, -0.15) is 0 Å². The van der Waals surface area contributed by atoms with Crippen molar-refractivity contribution in [3.8, 4) is 0 Å². The van der Waals surface area contributed by atoms with E-state index < -0.39 is 0 Å². The molecule has 4 nitrogen and oxygen atoms in total. The number of hydrogen-bond donors (Lipinski definition) is 2. The van der Waals surface area contributed by atoms with E-state index in [2.05, 4.69) is 5.32 Å². The van der Waals surface area contributed by atoms with Crippen molar-refractivity contribution in [1.82, 2.24) is 5.32 Å². The quantitative estimate of drug-likeness (QED) is 0.715. The lowest BCUT2D eigenvalue weighted by Crippen LogP contribution is -2.36. The molecule has 15 heavy (non-hydrogen) atoms. The SMILES string of the molecule is O=C(NCC1CCC(O)C1)[C@@H]1CCCO1. The van der Waals surface area contributed by atoms with Gasteiger partial charge in [0.2, 0.25) is 5.91 Å². The Labute approximate surface area is 90.0 Å². The van der Waals surface area contributed by atoms with Gasteiger partial charge in [-0.05, 0) is 38.0 Å². The van der Waals surface area contributed by atoms with Crippen molar-refractivity contribution < 1.29 is 14.6 Å². The van der Waals surface area contributed by atoms with Gasteiger partial charge in [-0.15, -0.1) is 0 Å². The number of hydrogen-bond acceptors (Lipinski definition) is 3. The molecule has 2 N–H and O–H groups in total. The summed E-state index contributed by atoms with van der Waals surface area (Å²) in [5.41, 5.74) is 0. The molecule has 1 heterocycles. The summed E-state index contributed by atoms with van der Waals surface area (Å²) in [5, 5.41) is 12.3. The van der Waals surface area contributed by atoms with Crippen LogP contribution < -0.4 is 5.32 Å². The van der Waals surface area contributed by atoms with Crippen LogP contribution in [0.1, 0.15) is 32.1 Å². The maximum atomic E-state index is 11.6. The predicted octanol–water partition coefficient (Wildman–Crippen LogP) is 0.443.